The molecular weight excluding hydrogens is 248 g/mol. The second-order valence-corrected chi connectivity index (χ2v) is 4.11. The van der Waals surface area contributed by atoms with Crippen molar-refractivity contribution < 1.29 is 14.2 Å². The molecule has 0 saturated heterocycles. The fourth-order valence-electron chi connectivity index (χ4n) is 2.07. The number of aromatic nitrogens is 4. The van der Waals surface area contributed by atoms with Gasteiger partial charge in [0.25, 0.3) is 0 Å². The van der Waals surface area contributed by atoms with Gasteiger partial charge in [0.1, 0.15) is 5.82 Å². The van der Waals surface area contributed by atoms with E-state index in [1.807, 2.05) is 6.20 Å². The maximum atomic E-state index is 5.78. The molecule has 0 radical (unpaired) electrons. The van der Waals surface area contributed by atoms with E-state index in [0.29, 0.717) is 11.8 Å². The van der Waals surface area contributed by atoms with Crippen molar-refractivity contribution in [2.24, 2.45) is 0 Å². The summed E-state index contributed by atoms with van der Waals surface area (Å²) in [6.07, 6.45) is 4.42. The monoisotopic (exact) mass is 262 g/mol. The van der Waals surface area contributed by atoms with Gasteiger partial charge in [-0.25, -0.2) is 4.98 Å². The van der Waals surface area contributed by atoms with E-state index in [-0.39, 0.29) is 12.1 Å². The van der Waals surface area contributed by atoms with E-state index in [0.717, 1.165) is 18.8 Å². The molecule has 0 fully saturated rings. The van der Waals surface area contributed by atoms with E-state index in [2.05, 4.69) is 19.5 Å². The van der Waals surface area contributed by atoms with Gasteiger partial charge in [-0.05, 0) is 0 Å². The molecule has 0 amide bonds. The third-order valence-corrected chi connectivity index (χ3v) is 2.99. The molecule has 0 bridgehead atoms. The van der Waals surface area contributed by atoms with Crippen LogP contribution in [0.4, 0.5) is 0 Å². The zero-order valence-corrected chi connectivity index (χ0v) is 10.7. The molecule has 7 heteroatoms. The number of aryl methyl sites for hydroxylation is 1. The van der Waals surface area contributed by atoms with Gasteiger partial charge in [0.05, 0.1) is 20.3 Å². The molecule has 3 heterocycles. The van der Waals surface area contributed by atoms with Crippen LogP contribution in [-0.2, 0) is 6.54 Å². The first-order valence-corrected chi connectivity index (χ1v) is 5.95. The molecule has 1 aliphatic rings. The van der Waals surface area contributed by atoms with Crippen molar-refractivity contribution in [2.45, 2.75) is 19.1 Å². The number of imidazole rings is 1. The number of rotatable bonds is 4. The second kappa shape index (κ2) is 4.75. The van der Waals surface area contributed by atoms with Crippen molar-refractivity contribution in [3.05, 3.63) is 24.3 Å². The number of hydrogen-bond donors (Lipinski definition) is 0. The largest absolute Gasteiger partial charge is 0.481 e. The van der Waals surface area contributed by atoms with Crippen LogP contribution in [0.1, 0.15) is 18.3 Å². The first-order chi connectivity index (χ1) is 9.30. The summed E-state index contributed by atoms with van der Waals surface area (Å²) in [6.45, 7) is 0.890. The Morgan fingerprint density at radius 1 is 1.21 bits per heavy atom. The Bertz CT molecular complexity index is 562. The average molecular weight is 262 g/mol. The zero-order chi connectivity index (χ0) is 13.2. The second-order valence-electron chi connectivity index (χ2n) is 4.11. The first kappa shape index (κ1) is 11.8. The van der Waals surface area contributed by atoms with Gasteiger partial charge < -0.3 is 18.8 Å². The summed E-state index contributed by atoms with van der Waals surface area (Å²) >= 11 is 0. The minimum atomic E-state index is -0.133. The van der Waals surface area contributed by atoms with Crippen molar-refractivity contribution in [2.75, 3.05) is 14.2 Å². The first-order valence-electron chi connectivity index (χ1n) is 5.95. The highest BCUT2D eigenvalue weighted by Gasteiger charge is 2.26. The summed E-state index contributed by atoms with van der Waals surface area (Å²) in [5, 5.41) is 0. The molecule has 1 unspecified atom stereocenters. The summed E-state index contributed by atoms with van der Waals surface area (Å²) in [4.78, 5) is 12.6. The van der Waals surface area contributed by atoms with E-state index in [1.165, 1.54) is 14.2 Å². The van der Waals surface area contributed by atoms with E-state index < -0.39 is 0 Å². The van der Waals surface area contributed by atoms with E-state index in [9.17, 15) is 0 Å². The Morgan fingerprint density at radius 2 is 1.95 bits per heavy atom. The lowest BCUT2D eigenvalue weighted by Crippen LogP contribution is -2.08. The molecule has 0 N–H and O–H groups in total. The van der Waals surface area contributed by atoms with Crippen molar-refractivity contribution in [3.63, 3.8) is 0 Å². The fraction of sp³-hybridized carbons (Fsp3) is 0.417. The lowest BCUT2D eigenvalue weighted by Gasteiger charge is -2.12. The van der Waals surface area contributed by atoms with Crippen LogP contribution in [0.2, 0.25) is 0 Å². The van der Waals surface area contributed by atoms with Gasteiger partial charge in [-0.15, -0.1) is 0 Å². The van der Waals surface area contributed by atoms with Gasteiger partial charge in [-0.1, -0.05) is 0 Å². The minimum Gasteiger partial charge on any atom is -0.481 e. The quantitative estimate of drug-likeness (QED) is 0.824. The molecule has 0 aromatic carbocycles. The molecule has 0 saturated carbocycles. The van der Waals surface area contributed by atoms with Crippen LogP contribution >= 0.6 is 0 Å². The van der Waals surface area contributed by atoms with Crippen LogP contribution in [0.3, 0.4) is 0 Å². The Hall–Kier alpha value is -2.31. The molecule has 0 aliphatic carbocycles. The number of methoxy groups -OCH3 is 2. The maximum Gasteiger partial charge on any atom is 0.323 e. The Kier molecular flexibility index (Phi) is 2.94. The van der Waals surface area contributed by atoms with Crippen molar-refractivity contribution in [1.29, 1.82) is 0 Å². The van der Waals surface area contributed by atoms with Crippen LogP contribution in [0, 0.1) is 0 Å². The van der Waals surface area contributed by atoms with Crippen molar-refractivity contribution in [1.82, 2.24) is 19.5 Å². The van der Waals surface area contributed by atoms with Crippen LogP contribution in [0.15, 0.2) is 18.5 Å². The molecule has 19 heavy (non-hydrogen) atoms. The van der Waals surface area contributed by atoms with Gasteiger partial charge in [-0.2, -0.15) is 9.97 Å². The van der Waals surface area contributed by atoms with Gasteiger partial charge >= 0.3 is 6.01 Å². The Balaban J connectivity index is 1.84. The van der Waals surface area contributed by atoms with Crippen LogP contribution < -0.4 is 14.2 Å². The molecule has 3 rings (SSSR count). The summed E-state index contributed by atoms with van der Waals surface area (Å²) in [7, 11) is 3.07. The van der Waals surface area contributed by atoms with Gasteiger partial charge in [-0.3, -0.25) is 0 Å². The maximum absolute atomic E-state index is 5.78. The van der Waals surface area contributed by atoms with Gasteiger partial charge in [0.2, 0.25) is 11.8 Å². The van der Waals surface area contributed by atoms with E-state index >= 15 is 0 Å². The molecule has 0 spiro atoms. The van der Waals surface area contributed by atoms with E-state index in [4.69, 9.17) is 14.2 Å². The lowest BCUT2D eigenvalue weighted by atomic mass is 10.3. The summed E-state index contributed by atoms with van der Waals surface area (Å²) < 4.78 is 18.0. The summed E-state index contributed by atoms with van der Waals surface area (Å²) in [5.74, 6) is 1.71. The topological polar surface area (TPSA) is 71.3 Å². The van der Waals surface area contributed by atoms with E-state index in [1.54, 1.807) is 12.3 Å². The number of ether oxygens (including phenoxy) is 3. The predicted molar refractivity (Wildman–Crippen MR) is 65.3 cm³/mol. The predicted octanol–water partition coefficient (Wildman–Crippen LogP) is 1.21. The average Bonchev–Trinajstić information content (AvgIpc) is 3.03. The third-order valence-electron chi connectivity index (χ3n) is 2.99. The van der Waals surface area contributed by atoms with Crippen molar-refractivity contribution in [3.8, 4) is 17.8 Å². The third kappa shape index (κ3) is 2.18. The number of nitrogens with zero attached hydrogens (tertiary/aromatic N) is 4. The molecule has 100 valence electrons. The normalized spacial score (nSPS) is 17.1. The summed E-state index contributed by atoms with van der Waals surface area (Å²) in [6, 6.07) is 1.83. The zero-order valence-electron chi connectivity index (χ0n) is 10.7. The highest BCUT2D eigenvalue weighted by atomic mass is 16.5. The highest BCUT2D eigenvalue weighted by Crippen LogP contribution is 2.29. The number of hydrogen-bond acceptors (Lipinski definition) is 6. The summed E-state index contributed by atoms with van der Waals surface area (Å²) in [5.41, 5.74) is 0. The van der Waals surface area contributed by atoms with Crippen LogP contribution in [0.25, 0.3) is 0 Å². The molecule has 7 nitrogen and oxygen atoms in total. The lowest BCUT2D eigenvalue weighted by molar-refractivity contribution is 0.180. The molecule has 1 aliphatic heterocycles. The fourth-order valence-corrected chi connectivity index (χ4v) is 2.07. The van der Waals surface area contributed by atoms with Crippen molar-refractivity contribution >= 4 is 0 Å². The Labute approximate surface area is 110 Å². The Morgan fingerprint density at radius 3 is 2.63 bits per heavy atom. The van der Waals surface area contributed by atoms with Gasteiger partial charge in [0.15, 0.2) is 6.10 Å². The van der Waals surface area contributed by atoms with Gasteiger partial charge in [0, 0.05) is 25.4 Å². The number of fused-ring (bicyclic) bond motifs is 1. The smallest absolute Gasteiger partial charge is 0.323 e. The van der Waals surface area contributed by atoms with Crippen LogP contribution in [-0.4, -0.2) is 33.7 Å². The SMILES string of the molecule is COc1cc(OC)nc(OC2CCn3ccnc32)n1. The molecule has 2 aromatic heterocycles. The highest BCUT2D eigenvalue weighted by molar-refractivity contribution is 5.23. The van der Waals surface area contributed by atoms with Crippen LogP contribution in [0.5, 0.6) is 17.8 Å². The molecule has 2 aromatic rings. The minimum absolute atomic E-state index is 0.133. The standard InChI is InChI=1S/C12H14N4O3/c1-17-9-7-10(18-2)15-12(14-9)19-8-3-5-16-6-4-13-11(8)16/h4,6-8H,3,5H2,1-2H3. The molecular formula is C12H14N4O3. The molecule has 1 atom stereocenters.